The third-order valence-corrected chi connectivity index (χ3v) is 4.74. The second-order valence-electron chi connectivity index (χ2n) is 4.84. The number of nitrogens with zero attached hydrogens (tertiary/aromatic N) is 1. The Labute approximate surface area is 98.1 Å². The number of aliphatic imine (C=N–C) groups is 1. The number of hydrogen-bond acceptors (Lipinski definition) is 2. The number of nitrogens with two attached hydrogens (primary N) is 1. The van der Waals surface area contributed by atoms with E-state index in [1.807, 2.05) is 11.8 Å². The van der Waals surface area contributed by atoms with Crippen LogP contribution in [0.1, 0.15) is 46.0 Å². The van der Waals surface area contributed by atoms with Crippen molar-refractivity contribution in [3.05, 3.63) is 0 Å². The number of thioether (sulfide) groups is 1. The predicted octanol–water partition coefficient (Wildman–Crippen LogP) is 3.07. The van der Waals surface area contributed by atoms with Gasteiger partial charge >= 0.3 is 0 Å². The first-order valence-electron chi connectivity index (χ1n) is 5.94. The minimum atomic E-state index is 0.382. The molecular formula is C12H24N2S. The fourth-order valence-corrected chi connectivity index (χ4v) is 2.93. The molecule has 1 fully saturated rings. The van der Waals surface area contributed by atoms with Crippen LogP contribution < -0.4 is 5.73 Å². The summed E-state index contributed by atoms with van der Waals surface area (Å²) < 4.78 is 0.387. The van der Waals surface area contributed by atoms with Crippen molar-refractivity contribution in [3.8, 4) is 0 Å². The Balaban J connectivity index is 2.56. The maximum absolute atomic E-state index is 5.89. The van der Waals surface area contributed by atoms with Gasteiger partial charge in [0.2, 0.25) is 0 Å². The Morgan fingerprint density at radius 3 is 2.40 bits per heavy atom. The Bertz CT molecular complexity index is 218. The van der Waals surface area contributed by atoms with Gasteiger partial charge in [-0.25, -0.2) is 0 Å². The van der Waals surface area contributed by atoms with Crippen LogP contribution in [0.15, 0.2) is 4.99 Å². The van der Waals surface area contributed by atoms with E-state index >= 15 is 0 Å². The fourth-order valence-electron chi connectivity index (χ4n) is 2.04. The maximum Gasteiger partial charge on any atom is 0.0963 e. The lowest BCUT2D eigenvalue weighted by atomic mass is 9.88. The molecule has 0 aromatic rings. The van der Waals surface area contributed by atoms with Gasteiger partial charge in [-0.3, -0.25) is 4.99 Å². The summed E-state index contributed by atoms with van der Waals surface area (Å²) in [6, 6.07) is 0. The van der Waals surface area contributed by atoms with Gasteiger partial charge in [-0.1, -0.05) is 33.1 Å². The monoisotopic (exact) mass is 228 g/mol. The highest BCUT2D eigenvalue weighted by molar-refractivity contribution is 8.00. The maximum atomic E-state index is 5.89. The van der Waals surface area contributed by atoms with Crippen LogP contribution in [0.5, 0.6) is 0 Å². The van der Waals surface area contributed by atoms with E-state index in [0.717, 1.165) is 12.4 Å². The standard InChI is InChI=1S/C12H24N2S/c1-10(2)11(13)14-9-12(15-3)7-5-4-6-8-12/h10H,4-9H2,1-3H3,(H2,13,14). The molecule has 0 spiro atoms. The summed E-state index contributed by atoms with van der Waals surface area (Å²) in [6.45, 7) is 5.12. The summed E-state index contributed by atoms with van der Waals surface area (Å²) in [5.41, 5.74) is 5.89. The lowest BCUT2D eigenvalue weighted by Gasteiger charge is -2.34. The van der Waals surface area contributed by atoms with Crippen molar-refractivity contribution in [2.45, 2.75) is 50.7 Å². The van der Waals surface area contributed by atoms with Crippen LogP contribution in [0.3, 0.4) is 0 Å². The molecule has 0 saturated heterocycles. The van der Waals surface area contributed by atoms with E-state index in [0.29, 0.717) is 10.7 Å². The highest BCUT2D eigenvalue weighted by Crippen LogP contribution is 2.38. The van der Waals surface area contributed by atoms with E-state index in [-0.39, 0.29) is 0 Å². The minimum Gasteiger partial charge on any atom is -0.387 e. The summed E-state index contributed by atoms with van der Waals surface area (Å²) in [7, 11) is 0. The average Bonchev–Trinajstić information content (AvgIpc) is 2.27. The molecule has 1 aliphatic carbocycles. The van der Waals surface area contributed by atoms with Gasteiger partial charge in [0, 0.05) is 10.7 Å². The molecule has 0 aromatic carbocycles. The summed E-state index contributed by atoms with van der Waals surface area (Å²) in [4.78, 5) is 4.56. The normalized spacial score (nSPS) is 22.0. The molecule has 0 amide bonds. The van der Waals surface area contributed by atoms with Gasteiger partial charge in [0.05, 0.1) is 12.4 Å². The van der Waals surface area contributed by atoms with E-state index in [9.17, 15) is 0 Å². The molecule has 1 saturated carbocycles. The third kappa shape index (κ3) is 3.71. The van der Waals surface area contributed by atoms with Crippen molar-refractivity contribution in [3.63, 3.8) is 0 Å². The van der Waals surface area contributed by atoms with Gasteiger partial charge in [0.15, 0.2) is 0 Å². The molecule has 1 aliphatic rings. The molecule has 2 nitrogen and oxygen atoms in total. The fraction of sp³-hybridized carbons (Fsp3) is 0.917. The Kier molecular flexibility index (Phi) is 4.97. The molecule has 0 unspecified atom stereocenters. The third-order valence-electron chi connectivity index (χ3n) is 3.34. The van der Waals surface area contributed by atoms with Gasteiger partial charge in [-0.2, -0.15) is 11.8 Å². The molecule has 0 aromatic heterocycles. The van der Waals surface area contributed by atoms with Gasteiger partial charge in [0.1, 0.15) is 0 Å². The minimum absolute atomic E-state index is 0.382. The van der Waals surface area contributed by atoms with E-state index in [1.165, 1.54) is 32.1 Å². The number of amidine groups is 1. The van der Waals surface area contributed by atoms with Crippen LogP contribution in [-0.4, -0.2) is 23.4 Å². The SMILES string of the molecule is CSC1(CN=C(N)C(C)C)CCCCC1. The first-order chi connectivity index (χ1) is 7.09. The molecular weight excluding hydrogens is 204 g/mol. The van der Waals surface area contributed by atoms with Crippen LogP contribution in [0, 0.1) is 5.92 Å². The average molecular weight is 228 g/mol. The quantitative estimate of drug-likeness (QED) is 0.593. The van der Waals surface area contributed by atoms with Crippen LogP contribution in [0.4, 0.5) is 0 Å². The number of rotatable bonds is 4. The van der Waals surface area contributed by atoms with Gasteiger partial charge in [0.25, 0.3) is 0 Å². The highest BCUT2D eigenvalue weighted by atomic mass is 32.2. The second-order valence-corrected chi connectivity index (χ2v) is 6.12. The lowest BCUT2D eigenvalue weighted by molar-refractivity contribution is 0.404. The zero-order chi connectivity index (χ0) is 11.3. The van der Waals surface area contributed by atoms with Crippen molar-refractivity contribution >= 4 is 17.6 Å². The van der Waals surface area contributed by atoms with Crippen molar-refractivity contribution in [1.29, 1.82) is 0 Å². The largest absolute Gasteiger partial charge is 0.387 e. The number of hydrogen-bond donors (Lipinski definition) is 1. The zero-order valence-electron chi connectivity index (χ0n) is 10.3. The van der Waals surface area contributed by atoms with E-state index in [4.69, 9.17) is 5.73 Å². The van der Waals surface area contributed by atoms with Crippen molar-refractivity contribution < 1.29 is 0 Å². The molecule has 0 aliphatic heterocycles. The first-order valence-corrected chi connectivity index (χ1v) is 7.17. The molecule has 88 valence electrons. The van der Waals surface area contributed by atoms with Crippen molar-refractivity contribution in [1.82, 2.24) is 0 Å². The van der Waals surface area contributed by atoms with Gasteiger partial charge < -0.3 is 5.73 Å². The molecule has 0 atom stereocenters. The smallest absolute Gasteiger partial charge is 0.0963 e. The van der Waals surface area contributed by atoms with E-state index < -0.39 is 0 Å². The Morgan fingerprint density at radius 2 is 1.93 bits per heavy atom. The van der Waals surface area contributed by atoms with Crippen LogP contribution >= 0.6 is 11.8 Å². The molecule has 0 radical (unpaired) electrons. The summed E-state index contributed by atoms with van der Waals surface area (Å²) >= 11 is 1.98. The summed E-state index contributed by atoms with van der Waals surface area (Å²) in [6.07, 6.45) is 8.94. The Hall–Kier alpha value is -0.180. The first kappa shape index (κ1) is 12.9. The molecule has 1 rings (SSSR count). The Morgan fingerprint density at radius 1 is 1.33 bits per heavy atom. The molecule has 2 N–H and O–H groups in total. The molecule has 0 bridgehead atoms. The van der Waals surface area contributed by atoms with Crippen molar-refractivity contribution in [2.75, 3.05) is 12.8 Å². The van der Waals surface area contributed by atoms with Crippen LogP contribution in [0.25, 0.3) is 0 Å². The van der Waals surface area contributed by atoms with E-state index in [1.54, 1.807) is 0 Å². The summed E-state index contributed by atoms with van der Waals surface area (Å²) in [5.74, 6) is 1.20. The van der Waals surface area contributed by atoms with Crippen LogP contribution in [-0.2, 0) is 0 Å². The molecule has 0 heterocycles. The lowest BCUT2D eigenvalue weighted by Crippen LogP contribution is -2.32. The zero-order valence-corrected chi connectivity index (χ0v) is 11.1. The van der Waals surface area contributed by atoms with E-state index in [2.05, 4.69) is 25.1 Å². The second kappa shape index (κ2) is 5.78. The van der Waals surface area contributed by atoms with Crippen molar-refractivity contribution in [2.24, 2.45) is 16.6 Å². The molecule has 15 heavy (non-hydrogen) atoms. The topological polar surface area (TPSA) is 38.4 Å². The predicted molar refractivity (Wildman–Crippen MR) is 70.7 cm³/mol. The van der Waals surface area contributed by atoms with Gasteiger partial charge in [-0.15, -0.1) is 0 Å². The molecule has 3 heteroatoms. The summed E-state index contributed by atoms with van der Waals surface area (Å²) in [5, 5.41) is 0. The van der Waals surface area contributed by atoms with Crippen LogP contribution in [0.2, 0.25) is 0 Å². The highest BCUT2D eigenvalue weighted by Gasteiger charge is 2.30. The van der Waals surface area contributed by atoms with Gasteiger partial charge in [-0.05, 0) is 19.1 Å².